The number of rotatable bonds is 3. The van der Waals surface area contributed by atoms with Crippen molar-refractivity contribution in [1.82, 2.24) is 0 Å². The Kier molecular flexibility index (Phi) is 4.23. The van der Waals surface area contributed by atoms with E-state index in [0.717, 1.165) is 19.3 Å². The lowest BCUT2D eigenvalue weighted by molar-refractivity contribution is -0.151. The first-order valence-electron chi connectivity index (χ1n) is 8.97. The van der Waals surface area contributed by atoms with Crippen molar-refractivity contribution < 1.29 is 19.4 Å². The van der Waals surface area contributed by atoms with Gasteiger partial charge in [-0.15, -0.1) is 0 Å². The molecule has 0 saturated heterocycles. The van der Waals surface area contributed by atoms with E-state index in [1.165, 1.54) is 11.6 Å². The lowest BCUT2D eigenvalue weighted by Gasteiger charge is -2.57. The lowest BCUT2D eigenvalue weighted by Crippen LogP contribution is -2.51. The highest BCUT2D eigenvalue weighted by Crippen LogP contribution is 2.61. The SMILES string of the molecule is CC1=CC(=O)C[C@@H]2[C@](C)(CCC3=CC(=O)O[C@H]3O)[C@@H](C)CC[C@]12C. The Labute approximate surface area is 144 Å². The zero-order chi connectivity index (χ0) is 17.7. The number of hydrogen-bond acceptors (Lipinski definition) is 4. The minimum atomic E-state index is -1.10. The lowest BCUT2D eigenvalue weighted by atomic mass is 9.47. The van der Waals surface area contributed by atoms with E-state index in [1.807, 2.05) is 6.08 Å². The topological polar surface area (TPSA) is 63.6 Å². The van der Waals surface area contributed by atoms with Crippen molar-refractivity contribution in [3.05, 3.63) is 23.3 Å². The van der Waals surface area contributed by atoms with E-state index < -0.39 is 12.3 Å². The number of cyclic esters (lactones) is 1. The van der Waals surface area contributed by atoms with E-state index in [4.69, 9.17) is 4.74 Å². The van der Waals surface area contributed by atoms with Gasteiger partial charge in [-0.3, -0.25) is 4.79 Å². The Bertz CT molecular complexity index is 632. The predicted octanol–water partition coefficient (Wildman–Crippen LogP) is 3.55. The molecular weight excluding hydrogens is 304 g/mol. The van der Waals surface area contributed by atoms with Crippen LogP contribution in [0.25, 0.3) is 0 Å². The fraction of sp³-hybridized carbons (Fsp3) is 0.700. The third-order valence-corrected chi connectivity index (χ3v) is 7.27. The van der Waals surface area contributed by atoms with Gasteiger partial charge in [0.2, 0.25) is 6.29 Å². The van der Waals surface area contributed by atoms with E-state index in [-0.39, 0.29) is 16.6 Å². The third-order valence-electron chi connectivity index (χ3n) is 7.27. The number of hydrogen-bond donors (Lipinski definition) is 1. The zero-order valence-corrected chi connectivity index (χ0v) is 15.1. The van der Waals surface area contributed by atoms with Gasteiger partial charge in [0.1, 0.15) is 0 Å². The number of ketones is 1. The van der Waals surface area contributed by atoms with Gasteiger partial charge in [-0.25, -0.2) is 4.79 Å². The summed E-state index contributed by atoms with van der Waals surface area (Å²) in [6.45, 7) is 8.96. The van der Waals surface area contributed by atoms with Gasteiger partial charge in [0.15, 0.2) is 5.78 Å². The van der Waals surface area contributed by atoms with Gasteiger partial charge in [-0.1, -0.05) is 26.3 Å². The molecule has 3 rings (SSSR count). The van der Waals surface area contributed by atoms with Crippen LogP contribution in [0.2, 0.25) is 0 Å². The maximum Gasteiger partial charge on any atom is 0.333 e. The summed E-state index contributed by atoms with van der Waals surface area (Å²) in [5.41, 5.74) is 1.95. The number of ether oxygens (including phenoxy) is 1. The number of aliphatic hydroxyl groups is 1. The molecule has 1 aliphatic heterocycles. The first kappa shape index (κ1) is 17.4. The molecule has 0 aromatic carbocycles. The van der Waals surface area contributed by atoms with Crippen molar-refractivity contribution >= 4 is 11.8 Å². The summed E-state index contributed by atoms with van der Waals surface area (Å²) in [6.07, 6.45) is 6.51. The van der Waals surface area contributed by atoms with Crippen molar-refractivity contribution in [3.8, 4) is 0 Å². The summed E-state index contributed by atoms with van der Waals surface area (Å²) in [5.74, 6) is 0.580. The van der Waals surface area contributed by atoms with Crippen molar-refractivity contribution in [2.24, 2.45) is 22.7 Å². The van der Waals surface area contributed by atoms with E-state index in [1.54, 1.807) is 0 Å². The molecule has 3 aliphatic rings. The normalized spacial score (nSPS) is 42.3. The summed E-state index contributed by atoms with van der Waals surface area (Å²) in [6, 6.07) is 0. The fourth-order valence-corrected chi connectivity index (χ4v) is 5.16. The third kappa shape index (κ3) is 2.65. The van der Waals surface area contributed by atoms with Crippen LogP contribution in [0.1, 0.15) is 59.8 Å². The van der Waals surface area contributed by atoms with Gasteiger partial charge in [-0.2, -0.15) is 0 Å². The van der Waals surface area contributed by atoms with E-state index in [0.29, 0.717) is 30.3 Å². The molecule has 0 radical (unpaired) electrons. The number of carbonyl (C=O) groups excluding carboxylic acids is 2. The van der Waals surface area contributed by atoms with Crippen LogP contribution in [0.3, 0.4) is 0 Å². The van der Waals surface area contributed by atoms with Gasteiger partial charge in [0.05, 0.1) is 0 Å². The minimum absolute atomic E-state index is 0.00434. The number of allylic oxidation sites excluding steroid dienone is 2. The van der Waals surface area contributed by atoms with Crippen molar-refractivity contribution in [3.63, 3.8) is 0 Å². The molecule has 1 fully saturated rings. The maximum atomic E-state index is 12.2. The highest BCUT2D eigenvalue weighted by atomic mass is 16.6. The Hall–Kier alpha value is -1.42. The molecule has 5 atom stereocenters. The standard InChI is InChI=1S/C20H28O4/c1-12-5-7-20(4)13(2)9-15(21)11-16(20)19(12,3)8-6-14-10-17(22)24-18(14)23/h9-10,12,16,18,23H,5-8,11H2,1-4H3/t12-,16+,18+,19+,20+/m0/s1. The number of fused-ring (bicyclic) bond motifs is 1. The first-order valence-corrected chi connectivity index (χ1v) is 8.97. The summed E-state index contributed by atoms with van der Waals surface area (Å²) < 4.78 is 4.79. The second-order valence-corrected chi connectivity index (χ2v) is 8.42. The monoisotopic (exact) mass is 332 g/mol. The van der Waals surface area contributed by atoms with Crippen LogP contribution in [0, 0.1) is 22.7 Å². The highest BCUT2D eigenvalue weighted by Gasteiger charge is 2.54. The molecule has 0 bridgehead atoms. The molecule has 4 nitrogen and oxygen atoms in total. The molecule has 4 heteroatoms. The largest absolute Gasteiger partial charge is 0.429 e. The minimum Gasteiger partial charge on any atom is -0.429 e. The molecule has 0 amide bonds. The van der Waals surface area contributed by atoms with Gasteiger partial charge in [0.25, 0.3) is 0 Å². The molecule has 1 N–H and O–H groups in total. The molecule has 0 unspecified atom stereocenters. The molecule has 2 aliphatic carbocycles. The second kappa shape index (κ2) is 5.83. The molecule has 0 spiro atoms. The van der Waals surface area contributed by atoms with E-state index in [2.05, 4.69) is 27.7 Å². The quantitative estimate of drug-likeness (QED) is 0.803. The predicted molar refractivity (Wildman–Crippen MR) is 90.9 cm³/mol. The molecule has 24 heavy (non-hydrogen) atoms. The summed E-state index contributed by atoms with van der Waals surface area (Å²) in [5, 5.41) is 9.83. The van der Waals surface area contributed by atoms with Crippen LogP contribution in [-0.2, 0) is 14.3 Å². The molecule has 1 heterocycles. The molecule has 0 aromatic rings. The maximum absolute atomic E-state index is 12.2. The molecular formula is C20H28O4. The molecule has 0 aromatic heterocycles. The van der Waals surface area contributed by atoms with Crippen molar-refractivity contribution in [1.29, 1.82) is 0 Å². The van der Waals surface area contributed by atoms with Crippen molar-refractivity contribution in [2.45, 2.75) is 66.1 Å². The van der Waals surface area contributed by atoms with Crippen LogP contribution < -0.4 is 0 Å². The zero-order valence-electron chi connectivity index (χ0n) is 15.1. The highest BCUT2D eigenvalue weighted by molar-refractivity contribution is 5.92. The summed E-state index contributed by atoms with van der Waals surface area (Å²) in [4.78, 5) is 23.5. The number of aliphatic hydroxyl groups excluding tert-OH is 1. The summed E-state index contributed by atoms with van der Waals surface area (Å²) in [7, 11) is 0. The Morgan fingerprint density at radius 1 is 1.29 bits per heavy atom. The van der Waals surface area contributed by atoms with Crippen LogP contribution in [0.5, 0.6) is 0 Å². The summed E-state index contributed by atoms with van der Waals surface area (Å²) >= 11 is 0. The van der Waals surface area contributed by atoms with E-state index >= 15 is 0 Å². The first-order chi connectivity index (χ1) is 11.2. The number of esters is 1. The van der Waals surface area contributed by atoms with Gasteiger partial charge < -0.3 is 9.84 Å². The number of carbonyl (C=O) groups is 2. The van der Waals surface area contributed by atoms with Crippen LogP contribution in [-0.4, -0.2) is 23.1 Å². The fourth-order valence-electron chi connectivity index (χ4n) is 5.16. The Morgan fingerprint density at radius 2 is 2.00 bits per heavy atom. The van der Waals surface area contributed by atoms with Crippen LogP contribution in [0.4, 0.5) is 0 Å². The molecule has 1 saturated carbocycles. The average molecular weight is 332 g/mol. The van der Waals surface area contributed by atoms with Gasteiger partial charge >= 0.3 is 5.97 Å². The van der Waals surface area contributed by atoms with Crippen LogP contribution in [0.15, 0.2) is 23.3 Å². The van der Waals surface area contributed by atoms with E-state index in [9.17, 15) is 14.7 Å². The van der Waals surface area contributed by atoms with Crippen molar-refractivity contribution in [2.75, 3.05) is 0 Å². The Balaban J connectivity index is 1.86. The second-order valence-electron chi connectivity index (χ2n) is 8.42. The van der Waals surface area contributed by atoms with Gasteiger partial charge in [0, 0.05) is 18.1 Å². The van der Waals surface area contributed by atoms with Gasteiger partial charge in [-0.05, 0) is 61.3 Å². The molecule has 132 valence electrons. The Morgan fingerprint density at radius 3 is 2.62 bits per heavy atom. The average Bonchev–Trinajstić information content (AvgIpc) is 2.83. The smallest absolute Gasteiger partial charge is 0.333 e. The van der Waals surface area contributed by atoms with Crippen LogP contribution >= 0.6 is 0 Å².